The minimum atomic E-state index is -5.28. The zero-order chi connectivity index (χ0) is 25.9. The maximum absolute atomic E-state index is 16.0. The average molecular weight is 495 g/mol. The minimum Gasteiger partial charge on any atom is -0.462 e. The monoisotopic (exact) mass is 495 g/mol. The molecule has 0 aliphatic carbocycles. The van der Waals surface area contributed by atoms with Crippen LogP contribution in [0.4, 0.5) is 26.3 Å². The van der Waals surface area contributed by atoms with Crippen LogP contribution in [0, 0.1) is 0 Å². The number of carbonyl (C=O) groups excluding carboxylic acids is 1. The van der Waals surface area contributed by atoms with Gasteiger partial charge in [0.15, 0.2) is 11.9 Å². The van der Waals surface area contributed by atoms with E-state index in [9.17, 15) is 26.7 Å². The Morgan fingerprint density at radius 1 is 0.943 bits per heavy atom. The Balaban J connectivity index is 2.45. The Morgan fingerprint density at radius 3 is 2.00 bits per heavy atom. The number of hydrogen-bond acceptors (Lipinski definition) is 3. The Bertz CT molecular complexity index is 1180. The summed E-state index contributed by atoms with van der Waals surface area (Å²) < 4.78 is 90.9. The quantitative estimate of drug-likeness (QED) is 0.246. The molecule has 3 rings (SSSR count). The molecule has 3 nitrogen and oxygen atoms in total. The molecular weight excluding hydrogens is 472 g/mol. The number of aromatic nitrogens is 1. The number of hydrogen-bond donors (Lipinski definition) is 0. The number of benzene rings is 2. The third kappa shape index (κ3) is 5.49. The van der Waals surface area contributed by atoms with Gasteiger partial charge in [0.25, 0.3) is 6.43 Å². The molecule has 0 amide bonds. The molecule has 0 bridgehead atoms. The number of nitrogens with zero attached hydrogens (tertiary/aromatic N) is 1. The van der Waals surface area contributed by atoms with Crippen molar-refractivity contribution in [2.75, 3.05) is 6.61 Å². The molecule has 0 radical (unpaired) electrons. The van der Waals surface area contributed by atoms with Gasteiger partial charge in [-0.1, -0.05) is 68.4 Å². The molecule has 2 aromatic carbocycles. The molecule has 1 aromatic heterocycles. The van der Waals surface area contributed by atoms with Crippen LogP contribution in [-0.4, -0.2) is 17.6 Å². The molecule has 0 aliphatic heterocycles. The van der Waals surface area contributed by atoms with Gasteiger partial charge in [-0.3, -0.25) is 0 Å². The molecule has 0 saturated heterocycles. The summed E-state index contributed by atoms with van der Waals surface area (Å²) in [5, 5.41) is 0. The van der Waals surface area contributed by atoms with Gasteiger partial charge in [0.05, 0.1) is 12.2 Å². The molecule has 0 N–H and O–H groups in total. The number of halogens is 6. The summed E-state index contributed by atoms with van der Waals surface area (Å²) in [7, 11) is 0. The Kier molecular flexibility index (Phi) is 7.87. The number of ether oxygens (including phenoxy) is 1. The van der Waals surface area contributed by atoms with Gasteiger partial charge in [-0.05, 0) is 29.5 Å². The van der Waals surface area contributed by atoms with Crippen molar-refractivity contribution in [3.63, 3.8) is 0 Å². The van der Waals surface area contributed by atoms with Crippen LogP contribution in [0.1, 0.15) is 77.7 Å². The van der Waals surface area contributed by atoms with Crippen LogP contribution >= 0.6 is 0 Å². The number of alkyl halides is 6. The average Bonchev–Trinajstić information content (AvgIpc) is 2.82. The van der Waals surface area contributed by atoms with Crippen molar-refractivity contribution in [1.29, 1.82) is 0 Å². The van der Waals surface area contributed by atoms with Crippen molar-refractivity contribution in [3.8, 4) is 11.1 Å². The van der Waals surface area contributed by atoms with E-state index in [-0.39, 0.29) is 23.7 Å². The summed E-state index contributed by atoms with van der Waals surface area (Å²) >= 11 is 0. The first-order valence-corrected chi connectivity index (χ1v) is 10.9. The third-order valence-corrected chi connectivity index (χ3v) is 5.43. The third-order valence-electron chi connectivity index (χ3n) is 5.43. The van der Waals surface area contributed by atoms with Gasteiger partial charge >= 0.3 is 12.1 Å². The van der Waals surface area contributed by atoms with E-state index in [1.165, 1.54) is 43.3 Å². The molecule has 0 spiro atoms. The van der Waals surface area contributed by atoms with E-state index in [0.29, 0.717) is 0 Å². The number of esters is 1. The van der Waals surface area contributed by atoms with Crippen molar-refractivity contribution < 1.29 is 35.9 Å². The van der Waals surface area contributed by atoms with Crippen LogP contribution in [0.15, 0.2) is 54.6 Å². The van der Waals surface area contributed by atoms with Crippen LogP contribution in [0.3, 0.4) is 0 Å². The molecule has 0 fully saturated rings. The topological polar surface area (TPSA) is 39.2 Å². The second kappa shape index (κ2) is 10.5. The largest absolute Gasteiger partial charge is 0.462 e. The first kappa shape index (κ1) is 26.2. The molecule has 35 heavy (non-hydrogen) atoms. The Labute approximate surface area is 198 Å². The van der Waals surface area contributed by atoms with Gasteiger partial charge in [0, 0.05) is 11.1 Å². The van der Waals surface area contributed by atoms with Gasteiger partial charge in [0.2, 0.25) is 0 Å². The van der Waals surface area contributed by atoms with Crippen LogP contribution in [0.5, 0.6) is 0 Å². The van der Waals surface area contributed by atoms with E-state index in [1.807, 2.05) is 13.8 Å². The van der Waals surface area contributed by atoms with E-state index in [1.54, 1.807) is 18.2 Å². The number of rotatable bonds is 7. The number of pyridine rings is 1. The summed E-state index contributed by atoms with van der Waals surface area (Å²) in [6, 6.07) is 13.0. The second-order valence-electron chi connectivity index (χ2n) is 8.08. The van der Waals surface area contributed by atoms with Crippen LogP contribution in [-0.2, 0) is 10.9 Å². The standard InChI is InChI=1S/C26H23F6NO2/c1-4-35-25(34)20-18(16-8-6-5-7-9-16)19(22(24(28)29)33-23(20)26(30,31)32)21(27)17-12-10-15(11-13-17)14(2)3/h5-14,21,24H,4H2,1-3H3. The van der Waals surface area contributed by atoms with Gasteiger partial charge in [-0.25, -0.2) is 22.9 Å². The van der Waals surface area contributed by atoms with E-state index < -0.39 is 52.8 Å². The summed E-state index contributed by atoms with van der Waals surface area (Å²) in [6.45, 7) is 4.92. The van der Waals surface area contributed by atoms with E-state index in [2.05, 4.69) is 4.98 Å². The normalized spacial score (nSPS) is 12.8. The summed E-state index contributed by atoms with van der Waals surface area (Å²) in [5.74, 6) is -1.32. The van der Waals surface area contributed by atoms with E-state index >= 15 is 4.39 Å². The highest BCUT2D eigenvalue weighted by Crippen LogP contribution is 2.45. The zero-order valence-electron chi connectivity index (χ0n) is 19.2. The lowest BCUT2D eigenvalue weighted by Crippen LogP contribution is -2.22. The van der Waals surface area contributed by atoms with E-state index in [4.69, 9.17) is 4.74 Å². The summed E-state index contributed by atoms with van der Waals surface area (Å²) in [4.78, 5) is 15.9. The highest BCUT2D eigenvalue weighted by molar-refractivity contribution is 6.00. The molecule has 186 valence electrons. The van der Waals surface area contributed by atoms with Crippen LogP contribution in [0.2, 0.25) is 0 Å². The number of carbonyl (C=O) groups is 1. The van der Waals surface area contributed by atoms with E-state index in [0.717, 1.165) is 5.56 Å². The van der Waals surface area contributed by atoms with Crippen LogP contribution < -0.4 is 0 Å². The smallest absolute Gasteiger partial charge is 0.434 e. The fraction of sp³-hybridized carbons (Fsp3) is 0.308. The fourth-order valence-electron chi connectivity index (χ4n) is 3.77. The van der Waals surface area contributed by atoms with Crippen molar-refractivity contribution in [2.24, 2.45) is 0 Å². The minimum absolute atomic E-state index is 0.0539. The lowest BCUT2D eigenvalue weighted by atomic mass is 9.87. The Morgan fingerprint density at radius 2 is 1.51 bits per heavy atom. The predicted octanol–water partition coefficient (Wildman–Crippen LogP) is 8.06. The molecule has 1 unspecified atom stereocenters. The molecule has 0 aliphatic rings. The maximum atomic E-state index is 16.0. The van der Waals surface area contributed by atoms with Gasteiger partial charge in [0.1, 0.15) is 5.69 Å². The summed E-state index contributed by atoms with van der Waals surface area (Å²) in [5.41, 5.74) is -5.03. The molecule has 9 heteroatoms. The van der Waals surface area contributed by atoms with Crippen LogP contribution in [0.25, 0.3) is 11.1 Å². The highest BCUT2D eigenvalue weighted by atomic mass is 19.4. The van der Waals surface area contributed by atoms with Crippen molar-refractivity contribution in [2.45, 2.75) is 45.5 Å². The lowest BCUT2D eigenvalue weighted by Gasteiger charge is -2.24. The van der Waals surface area contributed by atoms with Crippen molar-refractivity contribution in [1.82, 2.24) is 4.98 Å². The summed E-state index contributed by atoms with van der Waals surface area (Å²) in [6.07, 6.45) is -11.1. The molecule has 0 saturated carbocycles. The molecule has 1 heterocycles. The molecular formula is C26H23F6NO2. The van der Waals surface area contributed by atoms with Crippen molar-refractivity contribution >= 4 is 5.97 Å². The van der Waals surface area contributed by atoms with Gasteiger partial charge < -0.3 is 4.74 Å². The fourth-order valence-corrected chi connectivity index (χ4v) is 3.77. The molecule has 1 atom stereocenters. The lowest BCUT2D eigenvalue weighted by molar-refractivity contribution is -0.142. The van der Waals surface area contributed by atoms with Gasteiger partial charge in [-0.15, -0.1) is 0 Å². The highest BCUT2D eigenvalue weighted by Gasteiger charge is 2.43. The molecule has 3 aromatic rings. The predicted molar refractivity (Wildman–Crippen MR) is 119 cm³/mol. The van der Waals surface area contributed by atoms with Crippen molar-refractivity contribution in [3.05, 3.63) is 88.2 Å². The van der Waals surface area contributed by atoms with Gasteiger partial charge in [-0.2, -0.15) is 13.2 Å². The Hall–Kier alpha value is -3.36. The second-order valence-corrected chi connectivity index (χ2v) is 8.08. The maximum Gasteiger partial charge on any atom is 0.434 e. The first-order valence-electron chi connectivity index (χ1n) is 10.9. The SMILES string of the molecule is CCOC(=O)c1c(C(F)(F)F)nc(C(F)F)c(C(F)c2ccc(C(C)C)cc2)c1-c1ccccc1. The zero-order valence-corrected chi connectivity index (χ0v) is 19.2. The first-order chi connectivity index (χ1) is 16.5.